The molecule has 0 saturated heterocycles. The summed E-state index contributed by atoms with van der Waals surface area (Å²) < 4.78 is 10.3. The van der Waals surface area contributed by atoms with Crippen molar-refractivity contribution >= 4 is 6.08 Å². The van der Waals surface area contributed by atoms with Gasteiger partial charge < -0.3 is 9.47 Å². The van der Waals surface area contributed by atoms with Crippen LogP contribution in [0.2, 0.25) is 0 Å². The van der Waals surface area contributed by atoms with Gasteiger partial charge in [0.25, 0.3) is 0 Å². The maximum Gasteiger partial charge on any atom is 0.243 e. The Morgan fingerprint density at radius 1 is 1.38 bits per heavy atom. The number of methoxy groups -OCH3 is 2. The van der Waals surface area contributed by atoms with Crippen LogP contribution in [-0.4, -0.2) is 19.1 Å². The van der Waals surface area contributed by atoms with E-state index in [1.165, 1.54) is 27.2 Å². The molecule has 0 aliphatic carbocycles. The van der Waals surface area contributed by atoms with Crippen molar-refractivity contribution < 1.29 is 14.4 Å². The molecule has 0 radical (unpaired) electrons. The fourth-order valence-corrected chi connectivity index (χ4v) is 1.30. The predicted molar refractivity (Wildman–Crippen MR) is 60.2 cm³/mol. The first-order valence-corrected chi connectivity index (χ1v) is 4.63. The van der Waals surface area contributed by atoms with Crippen molar-refractivity contribution in [3.8, 4) is 11.5 Å². The van der Waals surface area contributed by atoms with Crippen LogP contribution in [0, 0.1) is 10.1 Å². The molecule has 0 aromatic heterocycles. The molecule has 86 valence electrons. The Balaban J connectivity index is 3.23. The highest BCUT2D eigenvalue weighted by molar-refractivity contribution is 5.63. The van der Waals surface area contributed by atoms with Gasteiger partial charge in [-0.2, -0.15) is 0 Å². The van der Waals surface area contributed by atoms with E-state index in [-0.39, 0.29) is 5.70 Å². The van der Waals surface area contributed by atoms with Crippen LogP contribution < -0.4 is 9.47 Å². The van der Waals surface area contributed by atoms with Gasteiger partial charge in [0, 0.05) is 18.6 Å². The Hall–Kier alpha value is -2.04. The zero-order valence-electron chi connectivity index (χ0n) is 9.39. The summed E-state index contributed by atoms with van der Waals surface area (Å²) in [4.78, 5) is 10.1. The third-order valence-electron chi connectivity index (χ3n) is 2.09. The van der Waals surface area contributed by atoms with Gasteiger partial charge in [0.1, 0.15) is 0 Å². The molecule has 0 unspecified atom stereocenters. The monoisotopic (exact) mass is 223 g/mol. The van der Waals surface area contributed by atoms with Gasteiger partial charge in [-0.3, -0.25) is 10.1 Å². The van der Waals surface area contributed by atoms with Gasteiger partial charge in [-0.15, -0.1) is 0 Å². The van der Waals surface area contributed by atoms with E-state index in [4.69, 9.17) is 9.47 Å². The second kappa shape index (κ2) is 5.16. The number of hydrogen-bond acceptors (Lipinski definition) is 4. The molecular weight excluding hydrogens is 210 g/mol. The van der Waals surface area contributed by atoms with Crippen molar-refractivity contribution in [2.75, 3.05) is 14.2 Å². The van der Waals surface area contributed by atoms with Crippen molar-refractivity contribution in [2.45, 2.75) is 6.92 Å². The second-order valence-electron chi connectivity index (χ2n) is 3.13. The highest BCUT2D eigenvalue weighted by Crippen LogP contribution is 2.32. The first-order chi connectivity index (χ1) is 7.60. The number of rotatable bonds is 4. The number of ether oxygens (including phenoxy) is 2. The SMILES string of the molecule is COc1cccc(C=C(C)[N+](=O)[O-])c1OC. The van der Waals surface area contributed by atoms with Crippen LogP contribution in [-0.2, 0) is 0 Å². The Labute approximate surface area is 93.4 Å². The average Bonchev–Trinajstić information content (AvgIpc) is 2.28. The molecule has 5 heteroatoms. The van der Waals surface area contributed by atoms with Crippen LogP contribution in [0.1, 0.15) is 12.5 Å². The highest BCUT2D eigenvalue weighted by atomic mass is 16.6. The Kier molecular flexibility index (Phi) is 3.88. The molecule has 0 N–H and O–H groups in total. The topological polar surface area (TPSA) is 61.6 Å². The summed E-state index contributed by atoms with van der Waals surface area (Å²) >= 11 is 0. The molecule has 0 fully saturated rings. The van der Waals surface area contributed by atoms with Gasteiger partial charge in [0.05, 0.1) is 19.1 Å². The summed E-state index contributed by atoms with van der Waals surface area (Å²) in [6.45, 7) is 1.43. The van der Waals surface area contributed by atoms with Gasteiger partial charge in [-0.05, 0) is 6.07 Å². The summed E-state index contributed by atoms with van der Waals surface area (Å²) in [6, 6.07) is 5.21. The van der Waals surface area contributed by atoms with Crippen LogP contribution >= 0.6 is 0 Å². The molecule has 0 saturated carbocycles. The van der Waals surface area contributed by atoms with E-state index >= 15 is 0 Å². The second-order valence-corrected chi connectivity index (χ2v) is 3.13. The molecule has 0 amide bonds. The molecule has 1 aromatic carbocycles. The van der Waals surface area contributed by atoms with E-state index in [2.05, 4.69) is 0 Å². The van der Waals surface area contributed by atoms with Crippen molar-refractivity contribution in [2.24, 2.45) is 0 Å². The standard InChI is InChI=1S/C11H13NO4/c1-8(12(13)14)7-9-5-4-6-10(15-2)11(9)16-3/h4-7H,1-3H3. The van der Waals surface area contributed by atoms with E-state index < -0.39 is 4.92 Å². The molecule has 0 atom stereocenters. The number of para-hydroxylation sites is 1. The Morgan fingerprint density at radius 3 is 2.56 bits per heavy atom. The maximum atomic E-state index is 10.5. The molecule has 1 rings (SSSR count). The first-order valence-electron chi connectivity index (χ1n) is 4.63. The molecule has 1 aromatic rings. The van der Waals surface area contributed by atoms with Crippen LogP contribution in [0.25, 0.3) is 6.08 Å². The molecule has 0 heterocycles. The molecule has 0 aliphatic heterocycles. The summed E-state index contributed by atoms with van der Waals surface area (Å²) in [6.07, 6.45) is 1.45. The van der Waals surface area contributed by atoms with Crippen LogP contribution in [0.3, 0.4) is 0 Å². The third kappa shape index (κ3) is 2.50. The van der Waals surface area contributed by atoms with Gasteiger partial charge in [0.2, 0.25) is 5.70 Å². The minimum absolute atomic E-state index is 0.0477. The Morgan fingerprint density at radius 2 is 2.06 bits per heavy atom. The Bertz CT molecular complexity index is 426. The van der Waals surface area contributed by atoms with Gasteiger partial charge in [-0.1, -0.05) is 12.1 Å². The fraction of sp³-hybridized carbons (Fsp3) is 0.273. The van der Waals surface area contributed by atoms with Crippen LogP contribution in [0.4, 0.5) is 0 Å². The van der Waals surface area contributed by atoms with E-state index in [1.54, 1.807) is 18.2 Å². The van der Waals surface area contributed by atoms with Crippen molar-refractivity contribution in [1.29, 1.82) is 0 Å². The highest BCUT2D eigenvalue weighted by Gasteiger charge is 2.10. The minimum Gasteiger partial charge on any atom is -0.493 e. The fourth-order valence-electron chi connectivity index (χ4n) is 1.30. The average molecular weight is 223 g/mol. The number of allylic oxidation sites excluding steroid dienone is 1. The van der Waals surface area contributed by atoms with Gasteiger partial charge >= 0.3 is 0 Å². The molecule has 0 spiro atoms. The quantitative estimate of drug-likeness (QED) is 0.580. The van der Waals surface area contributed by atoms with E-state index in [9.17, 15) is 10.1 Å². The smallest absolute Gasteiger partial charge is 0.243 e. The lowest BCUT2D eigenvalue weighted by molar-refractivity contribution is -0.422. The zero-order chi connectivity index (χ0) is 12.1. The van der Waals surface area contributed by atoms with E-state index in [0.29, 0.717) is 17.1 Å². The van der Waals surface area contributed by atoms with E-state index in [1.807, 2.05) is 0 Å². The lowest BCUT2D eigenvalue weighted by Crippen LogP contribution is -1.96. The summed E-state index contributed by atoms with van der Waals surface area (Å²) in [7, 11) is 3.02. The number of benzene rings is 1. The molecule has 0 bridgehead atoms. The van der Waals surface area contributed by atoms with Crippen LogP contribution in [0.5, 0.6) is 11.5 Å². The summed E-state index contributed by atoms with van der Waals surface area (Å²) in [5.41, 5.74) is 0.669. The summed E-state index contributed by atoms with van der Waals surface area (Å²) in [5.74, 6) is 1.04. The molecule has 0 aliphatic rings. The maximum absolute atomic E-state index is 10.5. The number of nitro groups is 1. The molecule has 5 nitrogen and oxygen atoms in total. The van der Waals surface area contributed by atoms with Gasteiger partial charge in [0.15, 0.2) is 11.5 Å². The minimum atomic E-state index is -0.446. The summed E-state index contributed by atoms with van der Waals surface area (Å²) in [5, 5.41) is 10.5. The largest absolute Gasteiger partial charge is 0.493 e. The van der Waals surface area contributed by atoms with E-state index in [0.717, 1.165) is 0 Å². The van der Waals surface area contributed by atoms with Crippen molar-refractivity contribution in [3.63, 3.8) is 0 Å². The lowest BCUT2D eigenvalue weighted by Gasteiger charge is -2.09. The number of hydrogen-bond donors (Lipinski definition) is 0. The normalized spacial score (nSPS) is 11.1. The lowest BCUT2D eigenvalue weighted by atomic mass is 10.1. The van der Waals surface area contributed by atoms with Gasteiger partial charge in [-0.25, -0.2) is 0 Å². The predicted octanol–water partition coefficient (Wildman–Crippen LogP) is 2.34. The van der Waals surface area contributed by atoms with Crippen molar-refractivity contribution in [1.82, 2.24) is 0 Å². The van der Waals surface area contributed by atoms with Crippen molar-refractivity contribution in [3.05, 3.63) is 39.6 Å². The first kappa shape index (κ1) is 12.0. The number of nitrogens with zero attached hydrogens (tertiary/aromatic N) is 1. The molecule has 16 heavy (non-hydrogen) atoms. The van der Waals surface area contributed by atoms with Crippen LogP contribution in [0.15, 0.2) is 23.9 Å². The zero-order valence-corrected chi connectivity index (χ0v) is 9.39. The molecular formula is C11H13NO4. The third-order valence-corrected chi connectivity index (χ3v) is 2.09.